The number of nitrogens with two attached hydrogens (primary N) is 1. The van der Waals surface area contributed by atoms with Crippen molar-refractivity contribution in [2.75, 3.05) is 13.1 Å². The fourth-order valence-electron chi connectivity index (χ4n) is 3.02. The standard InChI is InChI=1S/C22H29N5O7S2/c1-16-9-11-18(12-10-16)36(33,34)27-22(23)24-13-5-8-19(21(30)25-14-20(28)29)26-35(31,32)15-17-6-3-2-4-7-17/h2-4,6-7,9-12,19,26H,5,8,13-15H2,1H3,(H,25,30)(H,28,29)(H3,23,24,27)/t19-/m1/s1. The van der Waals surface area contributed by atoms with Gasteiger partial charge >= 0.3 is 5.97 Å². The number of nitrogens with zero attached hydrogens (tertiary/aromatic N) is 1. The van der Waals surface area contributed by atoms with E-state index in [0.717, 1.165) is 5.56 Å². The number of nitrogens with one attached hydrogen (secondary N) is 3. The zero-order chi connectivity index (χ0) is 26.8. The molecule has 0 bridgehead atoms. The molecule has 0 unspecified atom stereocenters. The van der Waals surface area contributed by atoms with Crippen LogP contribution in [-0.4, -0.2) is 58.9 Å². The van der Waals surface area contributed by atoms with Gasteiger partial charge in [-0.15, -0.1) is 0 Å². The first-order valence-corrected chi connectivity index (χ1v) is 13.9. The number of sulfonamides is 2. The molecule has 14 heteroatoms. The number of hydrogen-bond acceptors (Lipinski definition) is 7. The van der Waals surface area contributed by atoms with Crippen LogP contribution in [0, 0.1) is 6.92 Å². The van der Waals surface area contributed by atoms with Crippen molar-refractivity contribution in [1.82, 2.24) is 14.8 Å². The van der Waals surface area contributed by atoms with Gasteiger partial charge in [0.15, 0.2) is 0 Å². The Balaban J connectivity index is 2.00. The molecule has 36 heavy (non-hydrogen) atoms. The highest BCUT2D eigenvalue weighted by Gasteiger charge is 2.25. The van der Waals surface area contributed by atoms with Crippen molar-refractivity contribution >= 4 is 37.9 Å². The van der Waals surface area contributed by atoms with E-state index in [1.165, 1.54) is 12.1 Å². The molecule has 0 aliphatic carbocycles. The predicted molar refractivity (Wildman–Crippen MR) is 134 cm³/mol. The zero-order valence-corrected chi connectivity index (χ0v) is 21.2. The molecule has 2 aromatic rings. The molecule has 12 nitrogen and oxygen atoms in total. The van der Waals surface area contributed by atoms with E-state index >= 15 is 0 Å². The maximum absolute atomic E-state index is 12.6. The summed E-state index contributed by atoms with van der Waals surface area (Å²) in [5.74, 6) is -2.84. The van der Waals surface area contributed by atoms with Crippen LogP contribution >= 0.6 is 0 Å². The first kappa shape index (κ1) is 28.7. The van der Waals surface area contributed by atoms with Gasteiger partial charge in [-0.25, -0.2) is 26.3 Å². The predicted octanol–water partition coefficient (Wildman–Crippen LogP) is 0.0572. The highest BCUT2D eigenvalue weighted by Crippen LogP contribution is 2.10. The molecule has 0 radical (unpaired) electrons. The average molecular weight is 540 g/mol. The third-order valence-corrected chi connectivity index (χ3v) is 7.48. The molecule has 2 rings (SSSR count). The van der Waals surface area contributed by atoms with Gasteiger partial charge in [0.1, 0.15) is 12.6 Å². The topological polar surface area (TPSA) is 197 Å². The Labute approximate surface area is 210 Å². The number of aliphatic carboxylic acids is 1. The number of aryl methyl sites for hydroxylation is 1. The summed E-state index contributed by atoms with van der Waals surface area (Å²) in [6, 6.07) is 13.2. The van der Waals surface area contributed by atoms with Gasteiger partial charge in [-0.1, -0.05) is 48.0 Å². The number of benzene rings is 2. The summed E-state index contributed by atoms with van der Waals surface area (Å²) < 4.78 is 54.3. The van der Waals surface area contributed by atoms with Crippen LogP contribution in [0.4, 0.5) is 0 Å². The van der Waals surface area contributed by atoms with E-state index < -0.39 is 44.5 Å². The van der Waals surface area contributed by atoms with Crippen LogP contribution < -0.4 is 20.5 Å². The van der Waals surface area contributed by atoms with Crippen molar-refractivity contribution in [2.45, 2.75) is 36.5 Å². The highest BCUT2D eigenvalue weighted by atomic mass is 32.2. The lowest BCUT2D eigenvalue weighted by Crippen LogP contribution is -2.48. The number of carbonyl (C=O) groups excluding carboxylic acids is 1. The summed E-state index contributed by atoms with van der Waals surface area (Å²) in [6.07, 6.45) is 0.104. The third-order valence-electron chi connectivity index (χ3n) is 4.75. The summed E-state index contributed by atoms with van der Waals surface area (Å²) in [6.45, 7) is 1.11. The van der Waals surface area contributed by atoms with E-state index in [1.54, 1.807) is 42.5 Å². The van der Waals surface area contributed by atoms with E-state index in [1.807, 2.05) is 6.92 Å². The summed E-state index contributed by atoms with van der Waals surface area (Å²) in [5, 5.41) is 10.9. The normalized spacial score (nSPS) is 13.1. The Morgan fingerprint density at radius 2 is 1.67 bits per heavy atom. The molecule has 2 aromatic carbocycles. The largest absolute Gasteiger partial charge is 0.480 e. The lowest BCUT2D eigenvalue weighted by Gasteiger charge is -2.18. The second-order valence-electron chi connectivity index (χ2n) is 7.85. The molecular formula is C22H29N5O7S2. The molecule has 0 saturated heterocycles. The second-order valence-corrected chi connectivity index (χ2v) is 11.3. The Morgan fingerprint density at radius 1 is 1.03 bits per heavy atom. The van der Waals surface area contributed by atoms with Gasteiger partial charge in [0.2, 0.25) is 21.9 Å². The summed E-state index contributed by atoms with van der Waals surface area (Å²) in [5.41, 5.74) is 7.07. The number of carbonyl (C=O) groups is 2. The van der Waals surface area contributed by atoms with Gasteiger partial charge in [-0.05, 0) is 37.5 Å². The molecule has 196 valence electrons. The molecule has 0 heterocycles. The Hall–Kier alpha value is -3.49. The van der Waals surface area contributed by atoms with E-state index in [9.17, 15) is 26.4 Å². The van der Waals surface area contributed by atoms with Crippen LogP contribution in [0.1, 0.15) is 24.0 Å². The fraction of sp³-hybridized carbons (Fsp3) is 0.318. The molecule has 0 aromatic heterocycles. The highest BCUT2D eigenvalue weighted by molar-refractivity contribution is 7.90. The first-order valence-electron chi connectivity index (χ1n) is 10.8. The van der Waals surface area contributed by atoms with Crippen molar-refractivity contribution in [3.05, 3.63) is 65.7 Å². The van der Waals surface area contributed by atoms with Gasteiger partial charge in [-0.3, -0.25) is 14.6 Å². The Bertz CT molecular complexity index is 1280. The van der Waals surface area contributed by atoms with E-state index in [4.69, 9.17) is 10.8 Å². The summed E-state index contributed by atoms with van der Waals surface area (Å²) >= 11 is 0. The van der Waals surface area contributed by atoms with Crippen molar-refractivity contribution in [2.24, 2.45) is 10.7 Å². The number of rotatable bonds is 13. The quantitative estimate of drug-likeness (QED) is 0.134. The maximum Gasteiger partial charge on any atom is 0.322 e. The van der Waals surface area contributed by atoms with E-state index in [-0.39, 0.29) is 36.0 Å². The van der Waals surface area contributed by atoms with Crippen LogP contribution in [-0.2, 0) is 35.4 Å². The van der Waals surface area contributed by atoms with E-state index in [2.05, 4.69) is 19.8 Å². The van der Waals surface area contributed by atoms with Crippen molar-refractivity contribution in [3.8, 4) is 0 Å². The van der Waals surface area contributed by atoms with Crippen LogP contribution in [0.15, 0.2) is 64.5 Å². The molecular weight excluding hydrogens is 510 g/mol. The summed E-state index contributed by atoms with van der Waals surface area (Å²) in [7, 11) is -7.87. The number of hydrogen-bond donors (Lipinski definition) is 5. The lowest BCUT2D eigenvalue weighted by molar-refractivity contribution is -0.138. The first-order chi connectivity index (χ1) is 16.9. The number of amides is 1. The molecule has 0 spiro atoms. The lowest BCUT2D eigenvalue weighted by atomic mass is 10.1. The molecule has 0 saturated carbocycles. The SMILES string of the molecule is Cc1ccc(S(=O)(=O)NC(N)=NCCC[C@@H](NS(=O)(=O)Cc2ccccc2)C(=O)NCC(=O)O)cc1. The van der Waals surface area contributed by atoms with E-state index in [0.29, 0.717) is 5.56 Å². The molecule has 0 aliphatic rings. The van der Waals surface area contributed by atoms with Crippen LogP contribution in [0.5, 0.6) is 0 Å². The number of carboxylic acids is 1. The van der Waals surface area contributed by atoms with Crippen molar-refractivity contribution in [1.29, 1.82) is 0 Å². The fourth-order valence-corrected chi connectivity index (χ4v) is 5.35. The maximum atomic E-state index is 12.6. The van der Waals surface area contributed by atoms with Gasteiger partial charge in [-0.2, -0.15) is 0 Å². The van der Waals surface area contributed by atoms with Crippen LogP contribution in [0.3, 0.4) is 0 Å². The zero-order valence-electron chi connectivity index (χ0n) is 19.5. The van der Waals surface area contributed by atoms with Crippen LogP contribution in [0.2, 0.25) is 0 Å². The minimum absolute atomic E-state index is 0.00855. The van der Waals surface area contributed by atoms with Crippen molar-refractivity contribution < 1.29 is 31.5 Å². The van der Waals surface area contributed by atoms with Gasteiger partial charge in [0.05, 0.1) is 10.6 Å². The Kier molecular flexibility index (Phi) is 10.4. The minimum Gasteiger partial charge on any atom is -0.480 e. The third kappa shape index (κ3) is 10.0. The van der Waals surface area contributed by atoms with Gasteiger partial charge in [0, 0.05) is 6.54 Å². The number of aliphatic imine (C=N–C) groups is 1. The van der Waals surface area contributed by atoms with Gasteiger partial charge < -0.3 is 16.2 Å². The molecule has 6 N–H and O–H groups in total. The Morgan fingerprint density at radius 3 is 2.28 bits per heavy atom. The summed E-state index contributed by atoms with van der Waals surface area (Å²) in [4.78, 5) is 27.1. The second kappa shape index (κ2) is 13.0. The van der Waals surface area contributed by atoms with Crippen LogP contribution in [0.25, 0.3) is 0 Å². The molecule has 1 atom stereocenters. The molecule has 1 amide bonds. The monoisotopic (exact) mass is 539 g/mol. The molecule has 0 aliphatic heterocycles. The number of carboxylic acid groups (broad SMARTS) is 1. The minimum atomic E-state index is -3.94. The number of guanidine groups is 1. The van der Waals surface area contributed by atoms with Crippen molar-refractivity contribution in [3.63, 3.8) is 0 Å². The average Bonchev–Trinajstić information content (AvgIpc) is 2.79. The molecule has 0 fully saturated rings. The van der Waals surface area contributed by atoms with Gasteiger partial charge in [0.25, 0.3) is 10.0 Å². The smallest absolute Gasteiger partial charge is 0.322 e.